The lowest BCUT2D eigenvalue weighted by atomic mass is 10.0. The minimum Gasteiger partial charge on any atom is -0.356 e. The zero-order valence-corrected chi connectivity index (χ0v) is 20.9. The molecule has 2 saturated heterocycles. The topological polar surface area (TPSA) is 152 Å². The Balaban J connectivity index is 1.44. The minimum absolute atomic E-state index is 0.0329. The van der Waals surface area contributed by atoms with Crippen molar-refractivity contribution >= 4 is 49.6 Å². The number of carbonyl (C=O) groups excluding carboxylic acids is 3. The number of fused-ring (bicyclic) bond motifs is 1. The monoisotopic (exact) mass is 509 g/mol. The molecule has 0 radical (unpaired) electrons. The first-order chi connectivity index (χ1) is 15.2. The molecule has 184 valence electrons. The molecule has 2 aliphatic rings. The Morgan fingerprint density at radius 1 is 1.25 bits per heavy atom. The largest absolute Gasteiger partial charge is 0.356 e. The summed E-state index contributed by atoms with van der Waals surface area (Å²) >= 11 is 6.62. The summed E-state index contributed by atoms with van der Waals surface area (Å²) in [7, 11) is -1.49. The average molecular weight is 510 g/mol. The zero-order valence-electron chi connectivity index (χ0n) is 18.4. The fraction of sp³-hybridized carbons (Fsp3) is 0.842. The van der Waals surface area contributed by atoms with Gasteiger partial charge in [-0.25, -0.2) is 9.00 Å². The number of urea groups is 1. The van der Waals surface area contributed by atoms with Gasteiger partial charge < -0.3 is 27.0 Å². The molecule has 4 amide bonds. The lowest BCUT2D eigenvalue weighted by Gasteiger charge is -2.16. The SMILES string of the molecule is COS(=O)(=S)CCNC(=O)C(N)CCCCNC(=O)CCCCC1SCC2NC(=O)NC21. The molecule has 2 heterocycles. The van der Waals surface area contributed by atoms with Crippen molar-refractivity contribution in [3.8, 4) is 0 Å². The summed E-state index contributed by atoms with van der Waals surface area (Å²) in [6, 6.07) is -0.275. The fourth-order valence-electron chi connectivity index (χ4n) is 3.72. The summed E-state index contributed by atoms with van der Waals surface area (Å²) in [6.45, 7) is 0.712. The Morgan fingerprint density at radius 2 is 2.03 bits per heavy atom. The lowest BCUT2D eigenvalue weighted by molar-refractivity contribution is -0.123. The molecule has 0 saturated carbocycles. The molecule has 0 aromatic rings. The third-order valence-corrected chi connectivity index (χ3v) is 9.22. The molecule has 32 heavy (non-hydrogen) atoms. The molecule has 0 spiro atoms. The maximum absolute atomic E-state index is 12.0. The predicted molar refractivity (Wildman–Crippen MR) is 129 cm³/mol. The summed E-state index contributed by atoms with van der Waals surface area (Å²) in [6.07, 6.45) is 5.23. The van der Waals surface area contributed by atoms with E-state index in [1.165, 1.54) is 7.11 Å². The first-order valence-electron chi connectivity index (χ1n) is 11.0. The summed E-state index contributed by atoms with van der Waals surface area (Å²) in [5, 5.41) is 11.9. The van der Waals surface area contributed by atoms with Gasteiger partial charge in [0.25, 0.3) is 0 Å². The van der Waals surface area contributed by atoms with E-state index >= 15 is 0 Å². The smallest absolute Gasteiger partial charge is 0.315 e. The highest BCUT2D eigenvalue weighted by Crippen LogP contribution is 2.33. The standard InChI is InChI=1S/C19H35N5O5S3/c1-29-32(28,30)11-10-22-18(26)13(20)6-4-5-9-21-16(25)8-3-2-7-15-17-14(12-31-15)23-19(27)24-17/h13-15,17H,2-12,20H2,1H3,(H,21,25)(H,22,26)(H2,23,24,27). The van der Waals surface area contributed by atoms with E-state index in [1.54, 1.807) is 0 Å². The lowest BCUT2D eigenvalue weighted by Crippen LogP contribution is -2.42. The molecule has 10 nitrogen and oxygen atoms in total. The van der Waals surface area contributed by atoms with Crippen LogP contribution in [0.4, 0.5) is 4.79 Å². The number of nitrogens with one attached hydrogen (secondary N) is 4. The fourth-order valence-corrected chi connectivity index (χ4v) is 6.04. The molecule has 2 aliphatic heterocycles. The number of unbranched alkanes of at least 4 members (excludes halogenated alkanes) is 2. The number of thioether (sulfide) groups is 1. The molecule has 13 heteroatoms. The van der Waals surface area contributed by atoms with E-state index in [0.29, 0.717) is 31.1 Å². The molecule has 0 aromatic heterocycles. The van der Waals surface area contributed by atoms with Crippen LogP contribution in [-0.2, 0) is 33.7 Å². The van der Waals surface area contributed by atoms with Crippen LogP contribution < -0.4 is 27.0 Å². The van der Waals surface area contributed by atoms with Crippen molar-refractivity contribution < 1.29 is 22.8 Å². The first kappa shape index (κ1) is 27.1. The summed E-state index contributed by atoms with van der Waals surface area (Å²) in [5.74, 6) is 0.738. The Bertz CT molecular complexity index is 752. The van der Waals surface area contributed by atoms with Crippen molar-refractivity contribution in [1.29, 1.82) is 0 Å². The predicted octanol–water partition coefficient (Wildman–Crippen LogP) is -0.250. The number of nitrogens with two attached hydrogens (primary N) is 1. The van der Waals surface area contributed by atoms with Gasteiger partial charge >= 0.3 is 6.03 Å². The molecule has 5 atom stereocenters. The molecule has 6 N–H and O–H groups in total. The second kappa shape index (κ2) is 13.5. The van der Waals surface area contributed by atoms with Gasteiger partial charge in [0.15, 0.2) is 0 Å². The van der Waals surface area contributed by atoms with Crippen LogP contribution in [0.25, 0.3) is 0 Å². The molecular weight excluding hydrogens is 474 g/mol. The highest BCUT2D eigenvalue weighted by atomic mass is 32.8. The Morgan fingerprint density at radius 3 is 2.78 bits per heavy atom. The van der Waals surface area contributed by atoms with Crippen molar-refractivity contribution in [3.05, 3.63) is 0 Å². The Hall–Kier alpha value is -1.15. The van der Waals surface area contributed by atoms with Crippen LogP contribution in [0.5, 0.6) is 0 Å². The van der Waals surface area contributed by atoms with Crippen LogP contribution in [0, 0.1) is 0 Å². The van der Waals surface area contributed by atoms with E-state index < -0.39 is 14.8 Å². The number of amides is 4. The third-order valence-electron chi connectivity index (χ3n) is 5.59. The Kier molecular flexibility index (Phi) is 11.5. The molecule has 2 rings (SSSR count). The van der Waals surface area contributed by atoms with Crippen molar-refractivity contribution in [2.45, 2.75) is 68.3 Å². The number of carbonyl (C=O) groups is 3. The molecule has 0 aromatic carbocycles. The first-order valence-corrected chi connectivity index (χ1v) is 14.6. The highest BCUT2D eigenvalue weighted by molar-refractivity contribution is 8.30. The summed E-state index contributed by atoms with van der Waals surface area (Å²) in [4.78, 5) is 35.3. The van der Waals surface area contributed by atoms with E-state index in [2.05, 4.69) is 25.5 Å². The maximum atomic E-state index is 12.0. The quantitative estimate of drug-likeness (QED) is 0.150. The van der Waals surface area contributed by atoms with Crippen LogP contribution in [0.3, 0.4) is 0 Å². The molecule has 0 aliphatic carbocycles. The molecule has 0 bridgehead atoms. The van der Waals surface area contributed by atoms with E-state index in [0.717, 1.165) is 31.4 Å². The van der Waals surface area contributed by atoms with Gasteiger partial charge in [0.2, 0.25) is 11.8 Å². The zero-order chi connectivity index (χ0) is 23.6. The van der Waals surface area contributed by atoms with Gasteiger partial charge in [0, 0.05) is 41.7 Å². The number of hydrogen-bond acceptors (Lipinski definition) is 8. The van der Waals surface area contributed by atoms with E-state index in [4.69, 9.17) is 16.9 Å². The normalized spacial score (nSPS) is 24.7. The van der Waals surface area contributed by atoms with Gasteiger partial charge in [-0.15, -0.1) is 0 Å². The van der Waals surface area contributed by atoms with Crippen LogP contribution in [0.2, 0.25) is 0 Å². The third kappa shape index (κ3) is 9.38. The van der Waals surface area contributed by atoms with Gasteiger partial charge in [-0.2, -0.15) is 11.8 Å². The second-order valence-electron chi connectivity index (χ2n) is 8.04. The highest BCUT2D eigenvalue weighted by Gasteiger charge is 2.42. The summed E-state index contributed by atoms with van der Waals surface area (Å²) < 4.78 is 16.2. The van der Waals surface area contributed by atoms with Crippen molar-refractivity contribution in [2.24, 2.45) is 5.73 Å². The molecular formula is C19H35N5O5S3. The van der Waals surface area contributed by atoms with Gasteiger partial charge in [-0.3, -0.25) is 13.8 Å². The van der Waals surface area contributed by atoms with E-state index in [-0.39, 0.29) is 42.2 Å². The van der Waals surface area contributed by atoms with Crippen LogP contribution in [0.15, 0.2) is 0 Å². The Labute approximate surface area is 199 Å². The number of hydrogen-bond donors (Lipinski definition) is 5. The van der Waals surface area contributed by atoms with Gasteiger partial charge in [-0.05, 0) is 32.1 Å². The van der Waals surface area contributed by atoms with Crippen LogP contribution in [0.1, 0.15) is 44.9 Å². The van der Waals surface area contributed by atoms with Crippen molar-refractivity contribution in [1.82, 2.24) is 21.3 Å². The average Bonchev–Trinajstić information content (AvgIpc) is 3.29. The van der Waals surface area contributed by atoms with Crippen molar-refractivity contribution in [3.63, 3.8) is 0 Å². The van der Waals surface area contributed by atoms with Gasteiger partial charge in [0.1, 0.15) is 8.77 Å². The van der Waals surface area contributed by atoms with Crippen LogP contribution >= 0.6 is 11.8 Å². The van der Waals surface area contributed by atoms with E-state index in [9.17, 15) is 18.6 Å². The molecule has 2 fully saturated rings. The van der Waals surface area contributed by atoms with E-state index in [1.807, 2.05) is 11.8 Å². The molecule has 5 unspecified atom stereocenters. The van der Waals surface area contributed by atoms with Crippen LogP contribution in [-0.4, -0.2) is 77.1 Å². The number of rotatable bonds is 15. The second-order valence-corrected chi connectivity index (χ2v) is 12.7. The minimum atomic E-state index is -2.77. The van der Waals surface area contributed by atoms with Crippen molar-refractivity contribution in [2.75, 3.05) is 31.7 Å². The maximum Gasteiger partial charge on any atom is 0.315 e. The van der Waals surface area contributed by atoms with Gasteiger partial charge in [-0.1, -0.05) is 6.42 Å². The van der Waals surface area contributed by atoms with Gasteiger partial charge in [0.05, 0.1) is 31.0 Å². The summed E-state index contributed by atoms with van der Waals surface area (Å²) in [5.41, 5.74) is 5.86.